The van der Waals surface area contributed by atoms with Gasteiger partial charge in [0.1, 0.15) is 5.75 Å². The Balaban J connectivity index is 3.18. The van der Waals surface area contributed by atoms with Gasteiger partial charge in [-0.2, -0.15) is 0 Å². The molecule has 0 aliphatic rings. The molecule has 0 radical (unpaired) electrons. The number of nitrogens with two attached hydrogens (primary N) is 1. The number of anilines is 1. The first kappa shape index (κ1) is 9.90. The minimum absolute atomic E-state index is 0.185. The summed E-state index contributed by atoms with van der Waals surface area (Å²) in [5.41, 5.74) is 8.48. The summed E-state index contributed by atoms with van der Waals surface area (Å²) < 4.78 is 0. The third kappa shape index (κ3) is 1.77. The van der Waals surface area contributed by atoms with Crippen LogP contribution in [-0.4, -0.2) is 5.11 Å². The predicted molar refractivity (Wildman–Crippen MR) is 56.0 cm³/mol. The number of phenols is 1. The quantitative estimate of drug-likeness (QED) is 0.541. The fourth-order valence-electron chi connectivity index (χ4n) is 1.48. The van der Waals surface area contributed by atoms with E-state index in [0.717, 1.165) is 12.0 Å². The van der Waals surface area contributed by atoms with Crippen molar-refractivity contribution in [3.8, 4) is 5.75 Å². The molecular formula is C11H17NO. The van der Waals surface area contributed by atoms with E-state index < -0.39 is 0 Å². The van der Waals surface area contributed by atoms with Gasteiger partial charge in [-0.15, -0.1) is 0 Å². The zero-order valence-electron chi connectivity index (χ0n) is 8.46. The van der Waals surface area contributed by atoms with E-state index in [1.54, 1.807) is 6.07 Å². The fraction of sp³-hybridized carbons (Fsp3) is 0.455. The lowest BCUT2D eigenvalue weighted by Crippen LogP contribution is -1.99. The fourth-order valence-corrected chi connectivity index (χ4v) is 1.48. The van der Waals surface area contributed by atoms with E-state index in [9.17, 15) is 5.11 Å². The third-order valence-electron chi connectivity index (χ3n) is 2.68. The Labute approximate surface area is 79.4 Å². The summed E-state index contributed by atoms with van der Waals surface area (Å²) in [6.45, 7) is 6.27. The number of nitrogen functional groups attached to an aromatic ring is 1. The van der Waals surface area contributed by atoms with E-state index >= 15 is 0 Å². The SMILES string of the molecule is CCC(C)c1ccc(O)c(N)c1C. The smallest absolute Gasteiger partial charge is 0.138 e. The zero-order valence-corrected chi connectivity index (χ0v) is 8.46. The van der Waals surface area contributed by atoms with Crippen LogP contribution in [0.15, 0.2) is 12.1 Å². The maximum Gasteiger partial charge on any atom is 0.138 e. The van der Waals surface area contributed by atoms with Gasteiger partial charge in [-0.3, -0.25) is 0 Å². The van der Waals surface area contributed by atoms with Gasteiger partial charge in [0.25, 0.3) is 0 Å². The lowest BCUT2D eigenvalue weighted by Gasteiger charge is -2.14. The Morgan fingerprint density at radius 1 is 1.46 bits per heavy atom. The number of rotatable bonds is 2. The van der Waals surface area contributed by atoms with Crippen LogP contribution in [0.4, 0.5) is 5.69 Å². The molecule has 2 heteroatoms. The van der Waals surface area contributed by atoms with E-state index in [1.807, 2.05) is 13.0 Å². The van der Waals surface area contributed by atoms with Crippen molar-refractivity contribution in [1.29, 1.82) is 0 Å². The van der Waals surface area contributed by atoms with Crippen LogP contribution in [0.25, 0.3) is 0 Å². The summed E-state index contributed by atoms with van der Waals surface area (Å²) in [4.78, 5) is 0. The topological polar surface area (TPSA) is 46.2 Å². The van der Waals surface area contributed by atoms with Crippen LogP contribution >= 0.6 is 0 Å². The van der Waals surface area contributed by atoms with Crippen molar-refractivity contribution in [1.82, 2.24) is 0 Å². The van der Waals surface area contributed by atoms with E-state index in [-0.39, 0.29) is 5.75 Å². The molecule has 1 aromatic carbocycles. The van der Waals surface area contributed by atoms with Crippen molar-refractivity contribution in [2.45, 2.75) is 33.1 Å². The average molecular weight is 179 g/mol. The predicted octanol–water partition coefficient (Wildman–Crippen LogP) is 2.80. The van der Waals surface area contributed by atoms with Crippen molar-refractivity contribution in [2.75, 3.05) is 5.73 Å². The summed E-state index contributed by atoms with van der Waals surface area (Å²) >= 11 is 0. The van der Waals surface area contributed by atoms with Crippen LogP contribution in [0.2, 0.25) is 0 Å². The molecule has 72 valence electrons. The van der Waals surface area contributed by atoms with Crippen molar-refractivity contribution in [2.24, 2.45) is 0 Å². The molecule has 1 rings (SSSR count). The maximum atomic E-state index is 9.35. The number of hydrogen-bond donors (Lipinski definition) is 2. The number of phenolic OH excluding ortho intramolecular Hbond substituents is 1. The Morgan fingerprint density at radius 2 is 2.08 bits per heavy atom. The first-order chi connectivity index (χ1) is 6.07. The Morgan fingerprint density at radius 3 is 2.62 bits per heavy atom. The van der Waals surface area contributed by atoms with Crippen molar-refractivity contribution in [3.05, 3.63) is 23.3 Å². The van der Waals surface area contributed by atoms with E-state index in [1.165, 1.54) is 5.56 Å². The Kier molecular flexibility index (Phi) is 2.81. The standard InChI is InChI=1S/C11H17NO/c1-4-7(2)9-5-6-10(13)11(12)8(9)3/h5-7,13H,4,12H2,1-3H3. The van der Waals surface area contributed by atoms with Crippen LogP contribution in [0.5, 0.6) is 5.75 Å². The Hall–Kier alpha value is -1.18. The summed E-state index contributed by atoms with van der Waals surface area (Å²) in [7, 11) is 0. The molecule has 0 heterocycles. The van der Waals surface area contributed by atoms with Crippen LogP contribution in [0.3, 0.4) is 0 Å². The summed E-state index contributed by atoms with van der Waals surface area (Å²) in [5.74, 6) is 0.687. The molecule has 0 aromatic heterocycles. The first-order valence-corrected chi connectivity index (χ1v) is 4.65. The molecule has 2 nitrogen and oxygen atoms in total. The van der Waals surface area contributed by atoms with Crippen molar-refractivity contribution in [3.63, 3.8) is 0 Å². The largest absolute Gasteiger partial charge is 0.506 e. The van der Waals surface area contributed by atoms with Crippen LogP contribution in [0, 0.1) is 6.92 Å². The lowest BCUT2D eigenvalue weighted by atomic mass is 9.93. The maximum absolute atomic E-state index is 9.35. The van der Waals surface area contributed by atoms with Crippen LogP contribution in [0.1, 0.15) is 37.3 Å². The molecule has 3 N–H and O–H groups in total. The van der Waals surface area contributed by atoms with E-state index in [2.05, 4.69) is 13.8 Å². The van der Waals surface area contributed by atoms with E-state index in [0.29, 0.717) is 11.6 Å². The number of benzene rings is 1. The highest BCUT2D eigenvalue weighted by Gasteiger charge is 2.10. The normalized spacial score (nSPS) is 12.8. The highest BCUT2D eigenvalue weighted by atomic mass is 16.3. The molecule has 0 bridgehead atoms. The van der Waals surface area contributed by atoms with Gasteiger partial charge < -0.3 is 10.8 Å². The highest BCUT2D eigenvalue weighted by Crippen LogP contribution is 2.31. The molecule has 0 fully saturated rings. The van der Waals surface area contributed by atoms with Gasteiger partial charge in [0.15, 0.2) is 0 Å². The molecular weight excluding hydrogens is 162 g/mol. The van der Waals surface area contributed by atoms with Gasteiger partial charge in [0.2, 0.25) is 0 Å². The lowest BCUT2D eigenvalue weighted by molar-refractivity contribution is 0.477. The second-order valence-electron chi connectivity index (χ2n) is 3.52. The van der Waals surface area contributed by atoms with Crippen LogP contribution < -0.4 is 5.73 Å². The van der Waals surface area contributed by atoms with Gasteiger partial charge in [0, 0.05) is 0 Å². The molecule has 1 unspecified atom stereocenters. The minimum Gasteiger partial charge on any atom is -0.506 e. The molecule has 1 atom stereocenters. The van der Waals surface area contributed by atoms with Gasteiger partial charge >= 0.3 is 0 Å². The van der Waals surface area contributed by atoms with Gasteiger partial charge in [-0.25, -0.2) is 0 Å². The highest BCUT2D eigenvalue weighted by molar-refractivity contribution is 5.60. The molecule has 0 amide bonds. The molecule has 0 spiro atoms. The molecule has 13 heavy (non-hydrogen) atoms. The molecule has 1 aromatic rings. The van der Waals surface area contributed by atoms with Gasteiger partial charge in [-0.05, 0) is 36.5 Å². The monoisotopic (exact) mass is 179 g/mol. The number of aromatic hydroxyl groups is 1. The molecule has 0 aliphatic carbocycles. The minimum atomic E-state index is 0.185. The first-order valence-electron chi connectivity index (χ1n) is 4.65. The summed E-state index contributed by atoms with van der Waals surface area (Å²) in [5, 5.41) is 9.35. The average Bonchev–Trinajstić information content (AvgIpc) is 2.13. The van der Waals surface area contributed by atoms with Crippen LogP contribution in [-0.2, 0) is 0 Å². The third-order valence-corrected chi connectivity index (χ3v) is 2.68. The summed E-state index contributed by atoms with van der Waals surface area (Å²) in [6, 6.07) is 3.62. The number of hydrogen-bond acceptors (Lipinski definition) is 2. The van der Waals surface area contributed by atoms with Crippen molar-refractivity contribution < 1.29 is 5.11 Å². The van der Waals surface area contributed by atoms with Gasteiger partial charge in [0.05, 0.1) is 5.69 Å². The van der Waals surface area contributed by atoms with Gasteiger partial charge in [-0.1, -0.05) is 19.9 Å². The second-order valence-corrected chi connectivity index (χ2v) is 3.52. The zero-order chi connectivity index (χ0) is 10.0. The summed E-state index contributed by atoms with van der Waals surface area (Å²) in [6.07, 6.45) is 1.09. The van der Waals surface area contributed by atoms with E-state index in [4.69, 9.17) is 5.73 Å². The molecule has 0 saturated heterocycles. The second kappa shape index (κ2) is 3.69. The Bertz CT molecular complexity index is 307. The molecule has 0 aliphatic heterocycles. The van der Waals surface area contributed by atoms with Crippen molar-refractivity contribution >= 4 is 5.69 Å². The molecule has 0 saturated carbocycles.